The maximum absolute atomic E-state index is 17.8. The molecule has 0 saturated heterocycles. The van der Waals surface area contributed by atoms with Crippen molar-refractivity contribution in [1.29, 1.82) is 0 Å². The van der Waals surface area contributed by atoms with E-state index in [0.29, 0.717) is 0 Å². The van der Waals surface area contributed by atoms with Crippen molar-refractivity contribution in [1.82, 2.24) is 0 Å². The molecular formula is C60H2F40. The maximum atomic E-state index is 17.8. The smallest absolute Gasteiger partial charge is 0.200 e. The molecular weight excluding hydrogens is 1480 g/mol. The largest absolute Gasteiger partial charge is 0.206 e. The summed E-state index contributed by atoms with van der Waals surface area (Å²) in [7, 11) is 0. The molecule has 0 spiro atoms. The highest BCUT2D eigenvalue weighted by Gasteiger charge is 2.45. The van der Waals surface area contributed by atoms with E-state index in [1.807, 2.05) is 0 Å². The van der Waals surface area contributed by atoms with Gasteiger partial charge in [0.2, 0.25) is 23.3 Å². The molecule has 0 N–H and O–H groups in total. The second-order valence-corrected chi connectivity index (χ2v) is 19.7. The summed E-state index contributed by atoms with van der Waals surface area (Å²) in [5, 5.41) is 0. The highest BCUT2D eigenvalue weighted by atomic mass is 19.2. The van der Waals surface area contributed by atoms with Gasteiger partial charge in [0.1, 0.15) is 34.9 Å². The molecule has 0 amide bonds. The van der Waals surface area contributed by atoms with Crippen molar-refractivity contribution in [3.05, 3.63) is 245 Å². The van der Waals surface area contributed by atoms with Crippen molar-refractivity contribution in [2.24, 2.45) is 0 Å². The molecule has 0 aromatic heterocycles. The van der Waals surface area contributed by atoms with Crippen LogP contribution >= 0.6 is 0 Å². The lowest BCUT2D eigenvalue weighted by Gasteiger charge is -2.22. The molecule has 0 aliphatic rings. The van der Waals surface area contributed by atoms with Crippen LogP contribution in [0.2, 0.25) is 0 Å². The predicted octanol–water partition coefficient (Wildman–Crippen LogP) is 22.3. The highest BCUT2D eigenvalue weighted by molar-refractivity contribution is 5.91. The van der Waals surface area contributed by atoms with Gasteiger partial charge in [-0.15, -0.1) is 0 Å². The lowest BCUT2D eigenvalue weighted by Crippen LogP contribution is -2.13. The summed E-state index contributed by atoms with van der Waals surface area (Å²) in [6, 6.07) is -2.64. The molecule has 0 atom stereocenters. The van der Waals surface area contributed by atoms with E-state index in [9.17, 15) is 61.5 Å². The van der Waals surface area contributed by atoms with Crippen molar-refractivity contribution in [3.63, 3.8) is 0 Å². The van der Waals surface area contributed by atoms with Crippen LogP contribution in [0.3, 0.4) is 0 Å². The molecule has 10 aromatic rings. The molecule has 0 saturated carbocycles. The predicted molar refractivity (Wildman–Crippen MR) is 254 cm³/mol. The lowest BCUT2D eigenvalue weighted by molar-refractivity contribution is 0.379. The van der Waals surface area contributed by atoms with Crippen molar-refractivity contribution in [2.75, 3.05) is 0 Å². The Morgan fingerprint density at radius 2 is 0.210 bits per heavy atom. The summed E-state index contributed by atoms with van der Waals surface area (Å²) >= 11 is 0. The Bertz CT molecular complexity index is 5220. The van der Waals surface area contributed by atoms with Crippen LogP contribution in [-0.4, -0.2) is 0 Å². The van der Waals surface area contributed by atoms with Gasteiger partial charge in [0.15, 0.2) is 175 Å². The summed E-state index contributed by atoms with van der Waals surface area (Å²) in [6.45, 7) is 0. The minimum atomic E-state index is -3.97. The van der Waals surface area contributed by atoms with Crippen molar-refractivity contribution >= 4 is 0 Å². The van der Waals surface area contributed by atoms with Gasteiger partial charge in [0.05, 0.1) is 83.5 Å². The average molecular weight is 1480 g/mol. The molecule has 0 bridgehead atoms. The number of benzene rings is 10. The second-order valence-electron chi connectivity index (χ2n) is 19.7. The molecule has 0 aliphatic heterocycles. The van der Waals surface area contributed by atoms with Gasteiger partial charge in [-0.05, 0) is 12.1 Å². The van der Waals surface area contributed by atoms with E-state index >= 15 is 114 Å². The number of hydrogen-bond acceptors (Lipinski definition) is 0. The Kier molecular flexibility index (Phi) is 17.8. The average Bonchev–Trinajstić information content (AvgIpc) is 0.712. The van der Waals surface area contributed by atoms with Gasteiger partial charge in [-0.2, -0.15) is 0 Å². The third kappa shape index (κ3) is 9.85. The van der Waals surface area contributed by atoms with Crippen molar-refractivity contribution < 1.29 is 176 Å². The Balaban J connectivity index is 1.44. The summed E-state index contributed by atoms with van der Waals surface area (Å²) in [5.41, 5.74) is -59.5. The van der Waals surface area contributed by atoms with Crippen LogP contribution in [-0.2, 0) is 0 Å². The third-order valence-electron chi connectivity index (χ3n) is 14.6. The zero-order valence-corrected chi connectivity index (χ0v) is 45.3. The van der Waals surface area contributed by atoms with Gasteiger partial charge in [-0.1, -0.05) is 0 Å². The van der Waals surface area contributed by atoms with E-state index in [2.05, 4.69) is 0 Å². The Morgan fingerprint density at radius 1 is 0.0900 bits per heavy atom. The van der Waals surface area contributed by atoms with Gasteiger partial charge in [0.25, 0.3) is 0 Å². The van der Waals surface area contributed by atoms with Gasteiger partial charge in [0, 0.05) is 16.7 Å². The van der Waals surface area contributed by atoms with Gasteiger partial charge in [-0.25, -0.2) is 176 Å². The quantitative estimate of drug-likeness (QED) is 0.0768. The normalized spacial score (nSPS) is 11.8. The number of hydrogen-bond donors (Lipinski definition) is 0. The van der Waals surface area contributed by atoms with E-state index < -0.39 is 345 Å². The topological polar surface area (TPSA) is 0 Å². The number of rotatable bonds is 9. The van der Waals surface area contributed by atoms with Crippen LogP contribution in [0, 0.1) is 233 Å². The third-order valence-corrected chi connectivity index (χ3v) is 14.6. The first kappa shape index (κ1) is 72.2. The van der Waals surface area contributed by atoms with Crippen LogP contribution in [0.15, 0.2) is 12.1 Å². The minimum absolute atomic E-state index is 1.25. The van der Waals surface area contributed by atoms with Gasteiger partial charge >= 0.3 is 0 Å². The first-order valence-corrected chi connectivity index (χ1v) is 25.0. The lowest BCUT2D eigenvalue weighted by atomic mass is 9.85. The molecule has 100 heavy (non-hydrogen) atoms. The standard InChI is InChI=1S/C60H2F40/c61-6-2-5(24(64)30(70)10(6)11-41(81)49(89)57(97)50(90)42(11)82)8-25(65)7(26(66)13(27(8)67)15-35(75)39(79)18(40(80)36(15)76)21-47(87)55(95)60(100)56(96)48(21)88)3-1-4(9-28(68)31(71)16(32(72)29(9)69)19-43(83)51(91)58(98)52(92)44(19)84)23(63)12(22(3)62)14-33(73)37(77)17(38(78)34(14)74)20-45(85)53(93)59(99)54(94)46(20)86/h1-2H. The monoisotopic (exact) mass is 1480 g/mol. The SMILES string of the molecule is Fc1cc(-c2c(F)c(-c3cc(-c4c(F)c(F)c(-c5c(F)c(F)c(F)c(F)c5F)c(F)c4F)c(F)c(-c4c(F)c(F)c(-c5c(F)c(F)c(F)c(F)c5F)c(F)c4F)c3F)c(F)c(-c3c(F)c(F)c(-c4c(F)c(F)c(F)c(F)c4F)c(F)c3F)c2F)c(F)c(F)c1-c1c(F)c(F)c(F)c(F)c1F. The van der Waals surface area contributed by atoms with Crippen LogP contribution in [0.1, 0.15) is 0 Å². The maximum Gasteiger partial charge on any atom is 0.200 e. The first-order chi connectivity index (χ1) is 46.4. The fourth-order valence-electron chi connectivity index (χ4n) is 10.1. The van der Waals surface area contributed by atoms with Crippen molar-refractivity contribution in [2.45, 2.75) is 0 Å². The summed E-state index contributed by atoms with van der Waals surface area (Å²) in [6.07, 6.45) is 0. The molecule has 0 radical (unpaired) electrons. The Morgan fingerprint density at radius 3 is 0.430 bits per heavy atom. The van der Waals surface area contributed by atoms with E-state index in [4.69, 9.17) is 0 Å². The summed E-state index contributed by atoms with van der Waals surface area (Å²) < 4.78 is 625. The molecule has 522 valence electrons. The molecule has 0 nitrogen and oxygen atoms in total. The summed E-state index contributed by atoms with van der Waals surface area (Å²) in [5.74, 6) is -142. The molecule has 0 fully saturated rings. The molecule has 10 aromatic carbocycles. The van der Waals surface area contributed by atoms with Crippen LogP contribution < -0.4 is 0 Å². The van der Waals surface area contributed by atoms with Gasteiger partial charge < -0.3 is 0 Å². The fraction of sp³-hybridized carbons (Fsp3) is 0. The first-order valence-electron chi connectivity index (χ1n) is 25.0. The summed E-state index contributed by atoms with van der Waals surface area (Å²) in [4.78, 5) is 0. The van der Waals surface area contributed by atoms with Crippen LogP contribution in [0.4, 0.5) is 176 Å². The van der Waals surface area contributed by atoms with E-state index in [1.54, 1.807) is 0 Å². The van der Waals surface area contributed by atoms with Crippen LogP contribution in [0.25, 0.3) is 100 Å². The highest BCUT2D eigenvalue weighted by Crippen LogP contribution is 2.53. The fourth-order valence-corrected chi connectivity index (χ4v) is 10.1. The molecule has 0 unspecified atom stereocenters. The molecule has 0 aliphatic carbocycles. The Labute approximate surface area is 520 Å². The van der Waals surface area contributed by atoms with E-state index in [0.717, 1.165) is 0 Å². The molecule has 0 heterocycles. The molecule has 10 rings (SSSR count). The van der Waals surface area contributed by atoms with Crippen LogP contribution in [0.5, 0.6) is 0 Å². The van der Waals surface area contributed by atoms with Crippen molar-refractivity contribution in [3.8, 4) is 100 Å². The van der Waals surface area contributed by atoms with E-state index in [1.165, 1.54) is 0 Å². The Hall–Kier alpha value is -10.6. The zero-order valence-electron chi connectivity index (χ0n) is 45.3. The van der Waals surface area contributed by atoms with E-state index in [-0.39, 0.29) is 0 Å². The zero-order chi connectivity index (χ0) is 74.9. The molecule has 40 heteroatoms. The minimum Gasteiger partial charge on any atom is -0.206 e. The van der Waals surface area contributed by atoms with Gasteiger partial charge in [-0.3, -0.25) is 0 Å². The number of halogens is 40. The second kappa shape index (κ2) is 24.7.